The van der Waals surface area contributed by atoms with Crippen LogP contribution in [-0.4, -0.2) is 21.2 Å². The number of hydrogen-bond donors (Lipinski definition) is 1. The fourth-order valence-electron chi connectivity index (χ4n) is 3.81. The predicted octanol–water partition coefficient (Wildman–Crippen LogP) is 4.53. The van der Waals surface area contributed by atoms with Crippen LogP contribution >= 0.6 is 23.1 Å². The van der Waals surface area contributed by atoms with Crippen LogP contribution in [0.1, 0.15) is 47.7 Å². The quantitative estimate of drug-likeness (QED) is 0.330. The number of hydrogen-bond acceptors (Lipinski definition) is 6. The molecule has 1 saturated carbocycles. The minimum absolute atomic E-state index is 0.0250. The highest BCUT2D eigenvalue weighted by molar-refractivity contribution is 7.99. The average Bonchev–Trinajstić information content (AvgIpc) is 3.36. The molecule has 1 N–H and O–H groups in total. The lowest BCUT2D eigenvalue weighted by molar-refractivity contribution is -0.131. The van der Waals surface area contributed by atoms with Gasteiger partial charge in [-0.05, 0) is 37.8 Å². The molecule has 0 aliphatic heterocycles. The number of amides is 1. The summed E-state index contributed by atoms with van der Waals surface area (Å²) >= 11 is 2.84. The normalized spacial score (nSPS) is 14.5. The Hall–Kier alpha value is -2.16. The predicted molar refractivity (Wildman–Crippen MR) is 121 cm³/mol. The van der Waals surface area contributed by atoms with Gasteiger partial charge in [-0.3, -0.25) is 19.0 Å². The maximum atomic E-state index is 13.3. The zero-order valence-corrected chi connectivity index (χ0v) is 18.8. The molecule has 0 bridgehead atoms. The molecule has 0 unspecified atom stereocenters. The van der Waals surface area contributed by atoms with Crippen LogP contribution in [0.15, 0.2) is 40.3 Å². The van der Waals surface area contributed by atoms with E-state index in [1.165, 1.54) is 11.8 Å². The zero-order chi connectivity index (χ0) is 21.1. The minimum Gasteiger partial charge on any atom is -0.284 e. The van der Waals surface area contributed by atoms with Gasteiger partial charge in [-0.25, -0.2) is 10.5 Å². The molecule has 3 aromatic rings. The third-order valence-corrected chi connectivity index (χ3v) is 7.55. The largest absolute Gasteiger partial charge is 0.284 e. The minimum atomic E-state index is -0.248. The van der Waals surface area contributed by atoms with E-state index in [2.05, 4.69) is 5.48 Å². The van der Waals surface area contributed by atoms with Gasteiger partial charge in [0.1, 0.15) is 4.83 Å². The molecule has 2 aromatic heterocycles. The van der Waals surface area contributed by atoms with Gasteiger partial charge in [0.05, 0.1) is 17.7 Å². The van der Waals surface area contributed by atoms with Crippen molar-refractivity contribution in [1.82, 2.24) is 15.0 Å². The second-order valence-corrected chi connectivity index (χ2v) is 9.71. The van der Waals surface area contributed by atoms with Crippen molar-refractivity contribution in [3.05, 3.63) is 56.7 Å². The highest BCUT2D eigenvalue weighted by atomic mass is 32.2. The second kappa shape index (κ2) is 9.32. The third kappa shape index (κ3) is 4.45. The van der Waals surface area contributed by atoms with Crippen molar-refractivity contribution in [1.29, 1.82) is 0 Å². The molecule has 1 fully saturated rings. The standard InChI is InChI=1S/C22H25N3O3S2/c1-14-15(2)30-20-19(14)21(27)25(17-10-6-7-11-17)22(23-20)29-13-18(26)24-28-12-16-8-4-3-5-9-16/h3-5,8-9,17H,6-7,10-13H2,1-2H3,(H,24,26). The van der Waals surface area contributed by atoms with E-state index in [0.717, 1.165) is 51.9 Å². The Balaban J connectivity index is 1.49. The Kier molecular flexibility index (Phi) is 6.55. The number of thioether (sulfide) groups is 1. The topological polar surface area (TPSA) is 73.2 Å². The molecule has 1 amide bonds. The number of nitrogens with zero attached hydrogens (tertiary/aromatic N) is 2. The van der Waals surface area contributed by atoms with Crippen LogP contribution in [-0.2, 0) is 16.2 Å². The van der Waals surface area contributed by atoms with Crippen molar-refractivity contribution < 1.29 is 9.63 Å². The van der Waals surface area contributed by atoms with Crippen LogP contribution in [0.2, 0.25) is 0 Å². The summed E-state index contributed by atoms with van der Waals surface area (Å²) in [6, 6.07) is 9.82. The van der Waals surface area contributed by atoms with Gasteiger partial charge in [-0.15, -0.1) is 11.3 Å². The van der Waals surface area contributed by atoms with Crippen LogP contribution < -0.4 is 11.0 Å². The molecule has 2 heterocycles. The fourth-order valence-corrected chi connectivity index (χ4v) is 5.73. The highest BCUT2D eigenvalue weighted by Gasteiger charge is 2.25. The van der Waals surface area contributed by atoms with Crippen molar-refractivity contribution >= 4 is 39.2 Å². The van der Waals surface area contributed by atoms with Crippen LogP contribution in [0.25, 0.3) is 10.2 Å². The van der Waals surface area contributed by atoms with Crippen molar-refractivity contribution in [2.75, 3.05) is 5.75 Å². The fraction of sp³-hybridized carbons (Fsp3) is 0.409. The summed E-state index contributed by atoms with van der Waals surface area (Å²) in [5.41, 5.74) is 4.51. The molecule has 0 spiro atoms. The van der Waals surface area contributed by atoms with E-state index in [1.807, 2.05) is 48.7 Å². The van der Waals surface area contributed by atoms with Crippen LogP contribution in [0.4, 0.5) is 0 Å². The van der Waals surface area contributed by atoms with E-state index in [-0.39, 0.29) is 23.3 Å². The van der Waals surface area contributed by atoms with Gasteiger partial charge in [0, 0.05) is 10.9 Å². The number of nitrogens with one attached hydrogen (secondary N) is 1. The Morgan fingerprint density at radius 3 is 2.73 bits per heavy atom. The van der Waals surface area contributed by atoms with Gasteiger partial charge >= 0.3 is 0 Å². The number of fused-ring (bicyclic) bond motifs is 1. The lowest BCUT2D eigenvalue weighted by Crippen LogP contribution is -2.28. The third-order valence-electron chi connectivity index (χ3n) is 5.49. The van der Waals surface area contributed by atoms with E-state index in [9.17, 15) is 9.59 Å². The average molecular weight is 444 g/mol. The van der Waals surface area contributed by atoms with Crippen LogP contribution in [0.3, 0.4) is 0 Å². The molecule has 8 heteroatoms. The first-order chi connectivity index (χ1) is 14.5. The number of aryl methyl sites for hydroxylation is 2. The number of carbonyl (C=O) groups excluding carboxylic acids is 1. The molecule has 0 radical (unpaired) electrons. The first-order valence-electron chi connectivity index (χ1n) is 10.1. The summed E-state index contributed by atoms with van der Waals surface area (Å²) in [6.07, 6.45) is 4.20. The number of benzene rings is 1. The number of thiophene rings is 1. The summed E-state index contributed by atoms with van der Waals surface area (Å²) in [4.78, 5) is 37.6. The molecule has 6 nitrogen and oxygen atoms in total. The number of carbonyl (C=O) groups is 1. The maximum absolute atomic E-state index is 13.3. The molecule has 0 atom stereocenters. The van der Waals surface area contributed by atoms with Crippen molar-refractivity contribution in [3.63, 3.8) is 0 Å². The van der Waals surface area contributed by atoms with Gasteiger partial charge < -0.3 is 0 Å². The van der Waals surface area contributed by atoms with Crippen molar-refractivity contribution in [2.45, 2.75) is 57.3 Å². The Morgan fingerprint density at radius 2 is 2.00 bits per heavy atom. The smallest absolute Gasteiger partial charge is 0.263 e. The number of aromatic nitrogens is 2. The van der Waals surface area contributed by atoms with E-state index in [0.29, 0.717) is 11.8 Å². The summed E-state index contributed by atoms with van der Waals surface area (Å²) in [5.74, 6) is -0.107. The summed E-state index contributed by atoms with van der Waals surface area (Å²) < 4.78 is 1.83. The highest BCUT2D eigenvalue weighted by Crippen LogP contribution is 2.34. The number of hydroxylamine groups is 1. The second-order valence-electron chi connectivity index (χ2n) is 7.56. The Morgan fingerprint density at radius 1 is 1.27 bits per heavy atom. The Labute approximate surface area is 183 Å². The summed E-state index contributed by atoms with van der Waals surface area (Å²) in [7, 11) is 0. The van der Waals surface area contributed by atoms with Crippen molar-refractivity contribution in [3.8, 4) is 0 Å². The lowest BCUT2D eigenvalue weighted by Gasteiger charge is -2.18. The SMILES string of the molecule is Cc1sc2nc(SCC(=O)NOCc3ccccc3)n(C3CCCC3)c(=O)c2c1C. The van der Waals surface area contributed by atoms with E-state index < -0.39 is 0 Å². The van der Waals surface area contributed by atoms with E-state index in [1.54, 1.807) is 11.3 Å². The molecular weight excluding hydrogens is 418 g/mol. The van der Waals surface area contributed by atoms with Crippen molar-refractivity contribution in [2.24, 2.45) is 0 Å². The van der Waals surface area contributed by atoms with Crippen LogP contribution in [0, 0.1) is 13.8 Å². The van der Waals surface area contributed by atoms with E-state index >= 15 is 0 Å². The summed E-state index contributed by atoms with van der Waals surface area (Å²) in [6.45, 7) is 4.31. The molecule has 30 heavy (non-hydrogen) atoms. The summed E-state index contributed by atoms with van der Waals surface area (Å²) in [5, 5.41) is 1.35. The van der Waals surface area contributed by atoms with Gasteiger partial charge in [-0.1, -0.05) is 54.9 Å². The first-order valence-corrected chi connectivity index (χ1v) is 11.9. The molecule has 1 aliphatic carbocycles. The van der Waals surface area contributed by atoms with Crippen LogP contribution in [0.5, 0.6) is 0 Å². The van der Waals surface area contributed by atoms with E-state index in [4.69, 9.17) is 9.82 Å². The molecule has 1 aromatic carbocycles. The monoisotopic (exact) mass is 443 g/mol. The first kappa shape index (κ1) is 21.1. The molecule has 4 rings (SSSR count). The molecular formula is C22H25N3O3S2. The molecule has 158 valence electrons. The van der Waals surface area contributed by atoms with Gasteiger partial charge in [0.2, 0.25) is 0 Å². The molecule has 0 saturated heterocycles. The maximum Gasteiger partial charge on any atom is 0.263 e. The lowest BCUT2D eigenvalue weighted by atomic mass is 10.2. The Bertz CT molecular complexity index is 1100. The number of rotatable bonds is 7. The zero-order valence-electron chi connectivity index (χ0n) is 17.1. The molecule has 1 aliphatic rings. The van der Waals surface area contributed by atoms with Gasteiger partial charge in [0.15, 0.2) is 5.16 Å². The van der Waals surface area contributed by atoms with Gasteiger partial charge in [0.25, 0.3) is 11.5 Å². The van der Waals surface area contributed by atoms with Gasteiger partial charge in [-0.2, -0.15) is 0 Å².